The molecule has 1 heterocycles. The van der Waals surface area contributed by atoms with Crippen LogP contribution in [0.5, 0.6) is 0 Å². The van der Waals surface area contributed by atoms with E-state index in [0.717, 1.165) is 25.3 Å². The fourth-order valence-electron chi connectivity index (χ4n) is 1.83. The van der Waals surface area contributed by atoms with Gasteiger partial charge in [-0.3, -0.25) is 0 Å². The lowest BCUT2D eigenvalue weighted by Crippen LogP contribution is -2.47. The van der Waals surface area contributed by atoms with Crippen LogP contribution >= 0.6 is 0 Å². The number of hydrogen-bond donors (Lipinski definition) is 0. The van der Waals surface area contributed by atoms with Crippen molar-refractivity contribution in [2.24, 2.45) is 10.4 Å². The Morgan fingerprint density at radius 3 is 2.44 bits per heavy atom. The Morgan fingerprint density at radius 2 is 1.94 bits per heavy atom. The molecule has 0 aromatic rings. The quantitative estimate of drug-likeness (QED) is 0.574. The van der Waals surface area contributed by atoms with Gasteiger partial charge in [-0.15, -0.1) is 0 Å². The lowest BCUT2D eigenvalue weighted by Gasteiger charge is -2.37. The maximum absolute atomic E-state index is 11.6. The molecule has 0 radical (unpaired) electrons. The summed E-state index contributed by atoms with van der Waals surface area (Å²) in [5.74, 6) is 0.812. The van der Waals surface area contributed by atoms with Crippen LogP contribution in [0.25, 0.3) is 0 Å². The lowest BCUT2D eigenvalue weighted by atomic mass is 9.87. The highest BCUT2D eigenvalue weighted by atomic mass is 16.5. The molecule has 1 rings (SSSR count). The standard InChI is InChI=1S/C13H24N2O3/c1-5-13(3,4)11(14-12(16)18-6-2)15-7-9-17-10-8-15/h5-10H2,1-4H3/b14-11-. The molecule has 0 saturated carbocycles. The van der Waals surface area contributed by atoms with Crippen LogP contribution in [0.15, 0.2) is 4.99 Å². The molecule has 104 valence electrons. The highest BCUT2D eigenvalue weighted by Crippen LogP contribution is 2.25. The smallest absolute Gasteiger partial charge is 0.435 e. The first-order chi connectivity index (χ1) is 8.51. The van der Waals surface area contributed by atoms with E-state index in [1.165, 1.54) is 0 Å². The third kappa shape index (κ3) is 3.98. The number of nitrogens with zero attached hydrogens (tertiary/aromatic N) is 2. The summed E-state index contributed by atoms with van der Waals surface area (Å²) in [6.07, 6.45) is 0.420. The molecule has 1 aliphatic rings. The highest BCUT2D eigenvalue weighted by Gasteiger charge is 2.30. The van der Waals surface area contributed by atoms with Gasteiger partial charge in [-0.2, -0.15) is 4.99 Å². The minimum Gasteiger partial charge on any atom is -0.448 e. The van der Waals surface area contributed by atoms with Gasteiger partial charge in [-0.05, 0) is 13.3 Å². The van der Waals surface area contributed by atoms with Crippen LogP contribution in [0.4, 0.5) is 4.79 Å². The fourth-order valence-corrected chi connectivity index (χ4v) is 1.83. The Balaban J connectivity index is 2.90. The number of aliphatic imine (C=N–C) groups is 1. The summed E-state index contributed by atoms with van der Waals surface area (Å²) < 4.78 is 10.3. The van der Waals surface area contributed by atoms with Crippen LogP contribution < -0.4 is 0 Å². The summed E-state index contributed by atoms with van der Waals surface area (Å²) in [5, 5.41) is 0. The highest BCUT2D eigenvalue weighted by molar-refractivity contribution is 5.95. The molecule has 1 fully saturated rings. The first-order valence-electron chi connectivity index (χ1n) is 6.60. The predicted octanol–water partition coefficient (Wildman–Crippen LogP) is 2.31. The monoisotopic (exact) mass is 256 g/mol. The minimum atomic E-state index is -0.500. The molecule has 0 atom stereocenters. The van der Waals surface area contributed by atoms with Gasteiger partial charge in [0.25, 0.3) is 0 Å². The predicted molar refractivity (Wildman–Crippen MR) is 70.9 cm³/mol. The van der Waals surface area contributed by atoms with Crippen LogP contribution in [-0.2, 0) is 9.47 Å². The van der Waals surface area contributed by atoms with Crippen LogP contribution in [0.1, 0.15) is 34.1 Å². The van der Waals surface area contributed by atoms with E-state index in [0.29, 0.717) is 19.8 Å². The largest absolute Gasteiger partial charge is 0.448 e. The number of ether oxygens (including phenoxy) is 2. The SMILES string of the molecule is CCOC(=O)/N=C(\N1CCOCC1)C(C)(C)CC. The Kier molecular flexibility index (Phi) is 5.59. The molecule has 5 nitrogen and oxygen atoms in total. The first kappa shape index (κ1) is 15.0. The average molecular weight is 256 g/mol. The van der Waals surface area contributed by atoms with Crippen molar-refractivity contribution in [3.05, 3.63) is 0 Å². The Morgan fingerprint density at radius 1 is 1.33 bits per heavy atom. The third-order valence-electron chi connectivity index (χ3n) is 3.26. The molecule has 0 aromatic carbocycles. The van der Waals surface area contributed by atoms with Gasteiger partial charge in [0, 0.05) is 18.5 Å². The zero-order valence-corrected chi connectivity index (χ0v) is 11.9. The van der Waals surface area contributed by atoms with Gasteiger partial charge in [0.1, 0.15) is 5.84 Å². The van der Waals surface area contributed by atoms with E-state index < -0.39 is 6.09 Å². The van der Waals surface area contributed by atoms with Gasteiger partial charge in [0.15, 0.2) is 0 Å². The van der Waals surface area contributed by atoms with Crippen molar-refractivity contribution in [3.63, 3.8) is 0 Å². The molecule has 0 unspecified atom stereocenters. The van der Waals surface area contributed by atoms with Crippen molar-refractivity contribution >= 4 is 11.9 Å². The van der Waals surface area contributed by atoms with Crippen molar-refractivity contribution < 1.29 is 14.3 Å². The molecule has 0 N–H and O–H groups in total. The van der Waals surface area contributed by atoms with Gasteiger partial charge < -0.3 is 14.4 Å². The fraction of sp³-hybridized carbons (Fsp3) is 0.846. The van der Waals surface area contributed by atoms with Crippen molar-refractivity contribution in [2.75, 3.05) is 32.9 Å². The molecular weight excluding hydrogens is 232 g/mol. The molecule has 5 heteroatoms. The zero-order chi connectivity index (χ0) is 13.6. The number of carbonyl (C=O) groups excluding carboxylic acids is 1. The molecule has 1 saturated heterocycles. The molecule has 0 aromatic heterocycles. The van der Waals surface area contributed by atoms with E-state index in [1.54, 1.807) is 6.92 Å². The van der Waals surface area contributed by atoms with Crippen LogP contribution in [0.3, 0.4) is 0 Å². The van der Waals surface area contributed by atoms with Crippen LogP contribution in [0, 0.1) is 5.41 Å². The van der Waals surface area contributed by atoms with Crippen molar-refractivity contribution in [3.8, 4) is 0 Å². The Hall–Kier alpha value is -1.10. The first-order valence-corrected chi connectivity index (χ1v) is 6.60. The topological polar surface area (TPSA) is 51.1 Å². The molecule has 18 heavy (non-hydrogen) atoms. The number of hydrogen-bond acceptors (Lipinski definition) is 3. The molecule has 0 spiro atoms. The number of morpholine rings is 1. The minimum absolute atomic E-state index is 0.135. The second-order valence-electron chi connectivity index (χ2n) is 4.97. The van der Waals surface area contributed by atoms with E-state index >= 15 is 0 Å². The number of amides is 1. The Bertz CT molecular complexity index is 307. The summed E-state index contributed by atoms with van der Waals surface area (Å²) in [6.45, 7) is 11.4. The zero-order valence-electron chi connectivity index (χ0n) is 11.9. The molecule has 1 aliphatic heterocycles. The summed E-state index contributed by atoms with van der Waals surface area (Å²) in [4.78, 5) is 17.9. The van der Waals surface area contributed by atoms with E-state index in [-0.39, 0.29) is 5.41 Å². The average Bonchev–Trinajstić information content (AvgIpc) is 2.37. The van der Waals surface area contributed by atoms with Gasteiger partial charge in [-0.25, -0.2) is 4.79 Å². The second-order valence-corrected chi connectivity index (χ2v) is 4.97. The molecule has 0 bridgehead atoms. The van der Waals surface area contributed by atoms with Gasteiger partial charge in [-0.1, -0.05) is 20.8 Å². The second kappa shape index (κ2) is 6.73. The lowest BCUT2D eigenvalue weighted by molar-refractivity contribution is 0.0637. The summed E-state index contributed by atoms with van der Waals surface area (Å²) in [7, 11) is 0. The van der Waals surface area contributed by atoms with E-state index in [4.69, 9.17) is 9.47 Å². The van der Waals surface area contributed by atoms with E-state index in [9.17, 15) is 4.79 Å². The van der Waals surface area contributed by atoms with Crippen molar-refractivity contribution in [2.45, 2.75) is 34.1 Å². The van der Waals surface area contributed by atoms with Crippen molar-refractivity contribution in [1.29, 1.82) is 0 Å². The van der Waals surface area contributed by atoms with Crippen molar-refractivity contribution in [1.82, 2.24) is 4.90 Å². The number of amidine groups is 1. The van der Waals surface area contributed by atoms with Gasteiger partial charge in [0.05, 0.1) is 19.8 Å². The summed E-state index contributed by atoms with van der Waals surface area (Å²) in [6, 6.07) is 0. The number of carbonyl (C=O) groups is 1. The van der Waals surface area contributed by atoms with Crippen LogP contribution in [0.2, 0.25) is 0 Å². The summed E-state index contributed by atoms with van der Waals surface area (Å²) >= 11 is 0. The maximum atomic E-state index is 11.6. The molecule has 0 aliphatic carbocycles. The Labute approximate surface area is 109 Å². The summed E-state index contributed by atoms with van der Waals surface area (Å²) in [5.41, 5.74) is -0.135. The molecular formula is C13H24N2O3. The van der Waals surface area contributed by atoms with E-state index in [2.05, 4.69) is 30.7 Å². The van der Waals surface area contributed by atoms with Crippen LogP contribution in [-0.4, -0.2) is 49.7 Å². The van der Waals surface area contributed by atoms with E-state index in [1.807, 2.05) is 0 Å². The molecule has 1 amide bonds. The normalized spacial score (nSPS) is 17.8. The van der Waals surface area contributed by atoms with Gasteiger partial charge >= 0.3 is 6.09 Å². The maximum Gasteiger partial charge on any atom is 0.435 e. The number of rotatable bonds is 3. The van der Waals surface area contributed by atoms with Gasteiger partial charge in [0.2, 0.25) is 0 Å². The third-order valence-corrected chi connectivity index (χ3v) is 3.26.